The molecule has 2 aromatic rings. The molecule has 7 heteroatoms. The van der Waals surface area contributed by atoms with Crippen molar-refractivity contribution in [1.29, 1.82) is 0 Å². The quantitative estimate of drug-likeness (QED) is 0.510. The van der Waals surface area contributed by atoms with Gasteiger partial charge in [0.25, 0.3) is 0 Å². The molecule has 1 unspecified atom stereocenters. The largest absolute Gasteiger partial charge is 0.375 e. The van der Waals surface area contributed by atoms with E-state index >= 15 is 8.78 Å². The van der Waals surface area contributed by atoms with Gasteiger partial charge in [-0.05, 0) is 37.6 Å². The SMILES string of the molecule is CC(C)OCC=Cc1ccc(C(F)(F)C2(c3ccc(F)cc3F)CO2)nc1. The van der Waals surface area contributed by atoms with Crippen molar-refractivity contribution in [3.63, 3.8) is 0 Å². The number of pyridine rings is 1. The maximum Gasteiger partial charge on any atom is 0.324 e. The lowest BCUT2D eigenvalue weighted by atomic mass is 9.90. The first-order chi connectivity index (χ1) is 12.8. The highest BCUT2D eigenvalue weighted by atomic mass is 19.3. The molecule has 0 bridgehead atoms. The van der Waals surface area contributed by atoms with Gasteiger partial charge in [0.15, 0.2) is 5.60 Å². The second kappa shape index (κ2) is 7.40. The molecule has 1 atom stereocenters. The van der Waals surface area contributed by atoms with Crippen LogP contribution >= 0.6 is 0 Å². The predicted octanol–water partition coefficient (Wildman–Crippen LogP) is 4.82. The van der Waals surface area contributed by atoms with Gasteiger partial charge in [0.2, 0.25) is 0 Å². The summed E-state index contributed by atoms with van der Waals surface area (Å²) in [5.74, 6) is -5.49. The molecule has 1 aromatic carbocycles. The van der Waals surface area contributed by atoms with Gasteiger partial charge >= 0.3 is 5.92 Å². The zero-order chi connectivity index (χ0) is 19.7. The van der Waals surface area contributed by atoms with E-state index in [2.05, 4.69) is 4.98 Å². The van der Waals surface area contributed by atoms with Crippen molar-refractivity contribution in [2.45, 2.75) is 31.5 Å². The molecule has 1 aromatic heterocycles. The summed E-state index contributed by atoms with van der Waals surface area (Å²) in [6.45, 7) is 3.84. The monoisotopic (exact) mass is 381 g/mol. The van der Waals surface area contributed by atoms with Crippen LogP contribution in [0, 0.1) is 11.6 Å². The summed E-state index contributed by atoms with van der Waals surface area (Å²) >= 11 is 0. The summed E-state index contributed by atoms with van der Waals surface area (Å²) in [6, 6.07) is 5.14. The van der Waals surface area contributed by atoms with Gasteiger partial charge in [-0.3, -0.25) is 4.98 Å². The molecule has 144 valence electrons. The predicted molar refractivity (Wildman–Crippen MR) is 92.2 cm³/mol. The fourth-order valence-electron chi connectivity index (χ4n) is 2.72. The standard InChI is InChI=1S/C20H19F4NO2/c1-13(2)26-9-3-4-14-5-8-18(25-11-14)20(23,24)19(12-27-19)16-7-6-15(21)10-17(16)22/h3-8,10-11,13H,9,12H2,1-2H3. The summed E-state index contributed by atoms with van der Waals surface area (Å²) < 4.78 is 67.5. The fourth-order valence-corrected chi connectivity index (χ4v) is 2.72. The fraction of sp³-hybridized carbons (Fsp3) is 0.350. The van der Waals surface area contributed by atoms with E-state index in [0.717, 1.165) is 12.1 Å². The summed E-state index contributed by atoms with van der Waals surface area (Å²) in [5.41, 5.74) is -2.47. The van der Waals surface area contributed by atoms with Gasteiger partial charge in [0, 0.05) is 17.8 Å². The summed E-state index contributed by atoms with van der Waals surface area (Å²) in [7, 11) is 0. The number of nitrogens with zero attached hydrogens (tertiary/aromatic N) is 1. The topological polar surface area (TPSA) is 34.6 Å². The minimum atomic E-state index is -3.57. The van der Waals surface area contributed by atoms with Gasteiger partial charge < -0.3 is 9.47 Å². The molecule has 0 aliphatic carbocycles. The van der Waals surface area contributed by atoms with Crippen LogP contribution in [0.4, 0.5) is 17.6 Å². The molecule has 1 fully saturated rings. The molecular weight excluding hydrogens is 362 g/mol. The Morgan fingerprint density at radius 1 is 1.26 bits per heavy atom. The van der Waals surface area contributed by atoms with Crippen molar-refractivity contribution >= 4 is 6.08 Å². The summed E-state index contributed by atoms with van der Waals surface area (Å²) in [4.78, 5) is 3.82. The zero-order valence-corrected chi connectivity index (χ0v) is 14.9. The number of halogens is 4. The van der Waals surface area contributed by atoms with Gasteiger partial charge in [-0.2, -0.15) is 8.78 Å². The Morgan fingerprint density at radius 2 is 2.00 bits per heavy atom. The van der Waals surface area contributed by atoms with Gasteiger partial charge in [0.05, 0.1) is 19.3 Å². The van der Waals surface area contributed by atoms with Crippen LogP contribution in [0.2, 0.25) is 0 Å². The Balaban J connectivity index is 1.80. The highest BCUT2D eigenvalue weighted by molar-refractivity contribution is 5.48. The van der Waals surface area contributed by atoms with E-state index in [1.54, 1.807) is 12.2 Å². The van der Waals surface area contributed by atoms with E-state index in [0.29, 0.717) is 18.2 Å². The molecule has 0 amide bonds. The van der Waals surface area contributed by atoms with Crippen molar-refractivity contribution in [3.8, 4) is 0 Å². The van der Waals surface area contributed by atoms with Crippen LogP contribution < -0.4 is 0 Å². The van der Waals surface area contributed by atoms with Crippen molar-refractivity contribution < 1.29 is 27.0 Å². The number of aromatic nitrogens is 1. The van der Waals surface area contributed by atoms with Crippen LogP contribution in [0.15, 0.2) is 42.6 Å². The Labute approximate surface area is 154 Å². The van der Waals surface area contributed by atoms with Gasteiger partial charge in [-0.15, -0.1) is 0 Å². The Kier molecular flexibility index (Phi) is 5.35. The Morgan fingerprint density at radius 3 is 2.56 bits per heavy atom. The van der Waals surface area contributed by atoms with Crippen molar-refractivity contribution in [2.24, 2.45) is 0 Å². The van der Waals surface area contributed by atoms with E-state index in [1.165, 1.54) is 18.3 Å². The van der Waals surface area contributed by atoms with E-state index in [4.69, 9.17) is 9.47 Å². The van der Waals surface area contributed by atoms with Crippen LogP contribution in [0.5, 0.6) is 0 Å². The van der Waals surface area contributed by atoms with E-state index in [9.17, 15) is 8.78 Å². The normalized spacial score (nSPS) is 19.8. The lowest BCUT2D eigenvalue weighted by Crippen LogP contribution is -2.34. The molecule has 0 N–H and O–H groups in total. The number of epoxide rings is 1. The summed E-state index contributed by atoms with van der Waals surface area (Å²) in [5, 5.41) is 0. The van der Waals surface area contributed by atoms with Crippen LogP contribution in [0.25, 0.3) is 6.08 Å². The van der Waals surface area contributed by atoms with Crippen molar-refractivity contribution in [2.75, 3.05) is 13.2 Å². The molecule has 3 nitrogen and oxygen atoms in total. The number of hydrogen-bond acceptors (Lipinski definition) is 3. The van der Waals surface area contributed by atoms with Crippen LogP contribution in [0.1, 0.15) is 30.7 Å². The lowest BCUT2D eigenvalue weighted by molar-refractivity contribution is -0.0901. The molecule has 1 saturated heterocycles. The minimum absolute atomic E-state index is 0.0930. The Bertz CT molecular complexity index is 830. The molecule has 0 radical (unpaired) electrons. The highest BCUT2D eigenvalue weighted by Crippen LogP contribution is 2.56. The second-order valence-electron chi connectivity index (χ2n) is 6.58. The average Bonchev–Trinajstić information content (AvgIpc) is 3.41. The lowest BCUT2D eigenvalue weighted by Gasteiger charge is -2.24. The number of rotatable bonds is 7. The van der Waals surface area contributed by atoms with Gasteiger partial charge in [-0.25, -0.2) is 8.78 Å². The third-order valence-corrected chi connectivity index (χ3v) is 4.25. The first kappa shape index (κ1) is 19.5. The number of benzene rings is 1. The summed E-state index contributed by atoms with van der Waals surface area (Å²) in [6.07, 6.45) is 4.86. The first-order valence-electron chi connectivity index (χ1n) is 8.48. The van der Waals surface area contributed by atoms with Gasteiger partial charge in [-0.1, -0.05) is 18.2 Å². The molecule has 27 heavy (non-hydrogen) atoms. The maximum absolute atomic E-state index is 15.0. The molecule has 0 saturated carbocycles. The number of ether oxygens (including phenoxy) is 2. The van der Waals surface area contributed by atoms with Crippen LogP contribution in [-0.4, -0.2) is 24.3 Å². The molecular formula is C20H19F4NO2. The third-order valence-electron chi connectivity index (χ3n) is 4.25. The zero-order valence-electron chi connectivity index (χ0n) is 14.9. The highest BCUT2D eigenvalue weighted by Gasteiger charge is 2.68. The third kappa shape index (κ3) is 3.89. The Hall–Kier alpha value is -2.25. The van der Waals surface area contributed by atoms with Crippen molar-refractivity contribution in [1.82, 2.24) is 4.98 Å². The smallest absolute Gasteiger partial charge is 0.324 e. The van der Waals surface area contributed by atoms with Crippen LogP contribution in [-0.2, 0) is 21.0 Å². The van der Waals surface area contributed by atoms with E-state index in [1.807, 2.05) is 13.8 Å². The first-order valence-corrected chi connectivity index (χ1v) is 8.48. The van der Waals surface area contributed by atoms with Gasteiger partial charge in [0.1, 0.15) is 17.3 Å². The van der Waals surface area contributed by atoms with E-state index < -0.39 is 28.9 Å². The molecule has 0 spiro atoms. The van der Waals surface area contributed by atoms with E-state index in [-0.39, 0.29) is 18.3 Å². The number of hydrogen-bond donors (Lipinski definition) is 0. The molecule has 1 aliphatic rings. The number of alkyl halides is 2. The maximum atomic E-state index is 15.0. The molecule has 2 heterocycles. The van der Waals surface area contributed by atoms with Crippen molar-refractivity contribution in [3.05, 3.63) is 71.1 Å². The minimum Gasteiger partial charge on any atom is -0.375 e. The second-order valence-corrected chi connectivity index (χ2v) is 6.58. The average molecular weight is 381 g/mol. The molecule has 1 aliphatic heterocycles. The van der Waals surface area contributed by atoms with Crippen LogP contribution in [0.3, 0.4) is 0 Å². The molecule has 3 rings (SSSR count).